The van der Waals surface area contributed by atoms with Crippen molar-refractivity contribution in [3.05, 3.63) is 0 Å². The summed E-state index contributed by atoms with van der Waals surface area (Å²) in [5.74, 6) is -0.926. The van der Waals surface area contributed by atoms with Crippen LogP contribution in [0.2, 0.25) is 0 Å². The summed E-state index contributed by atoms with van der Waals surface area (Å²) in [4.78, 5) is 14.1. The fourth-order valence-corrected chi connectivity index (χ4v) is 8.37. The summed E-state index contributed by atoms with van der Waals surface area (Å²) in [5.41, 5.74) is 2.19. The molecule has 5 rings (SSSR count). The standard InChI is InChI=1S/C24H38ClFN2O5/c1-11-8-14-17(20(28(2)27-14)12-6-5-7-13(26)9-12)22(29)24(11)23(30)18-15(31-3)10-16(32-4)19(25)21(18)33-24/h11-22,27,29H,5-10H2,1-4H3/t11-,12?,13?,14?,15?,16?,17?,18?,19?,20?,21?,22?,24+/m1/s1. The van der Waals surface area contributed by atoms with Crippen molar-refractivity contribution in [2.45, 2.75) is 99.1 Å². The molecule has 2 N–H and O–H groups in total. The first-order valence-electron chi connectivity index (χ1n) is 12.5. The molecule has 7 nitrogen and oxygen atoms in total. The number of aliphatic hydroxyl groups excluding tert-OH is 1. The maximum Gasteiger partial charge on any atom is 0.175 e. The third-order valence-electron chi connectivity index (χ3n) is 9.47. The van der Waals surface area contributed by atoms with Crippen molar-refractivity contribution in [1.29, 1.82) is 0 Å². The van der Waals surface area contributed by atoms with E-state index < -0.39 is 35.3 Å². The number of nitrogens with one attached hydrogen (secondary N) is 1. The Morgan fingerprint density at radius 3 is 2.61 bits per heavy atom. The molecule has 3 saturated carbocycles. The van der Waals surface area contributed by atoms with Gasteiger partial charge < -0.3 is 19.3 Å². The van der Waals surface area contributed by atoms with Crippen LogP contribution in [-0.2, 0) is 19.0 Å². The molecule has 3 aliphatic carbocycles. The molecule has 0 bridgehead atoms. The maximum absolute atomic E-state index is 14.3. The fraction of sp³-hybridized carbons (Fsp3) is 0.958. The lowest BCUT2D eigenvalue weighted by molar-refractivity contribution is -0.195. The quantitative estimate of drug-likeness (QED) is 0.589. The Morgan fingerprint density at radius 2 is 1.94 bits per heavy atom. The van der Waals surface area contributed by atoms with E-state index in [1.807, 2.05) is 14.0 Å². The molecule has 0 aromatic rings. The average molecular weight is 489 g/mol. The number of ether oxygens (including phenoxy) is 3. The van der Waals surface area contributed by atoms with E-state index in [4.69, 9.17) is 25.8 Å². The van der Waals surface area contributed by atoms with Crippen LogP contribution in [0.5, 0.6) is 0 Å². The van der Waals surface area contributed by atoms with Gasteiger partial charge in [0.2, 0.25) is 0 Å². The molecule has 5 aliphatic rings. The Kier molecular flexibility index (Phi) is 6.60. The second kappa shape index (κ2) is 8.95. The molecule has 5 fully saturated rings. The minimum absolute atomic E-state index is 0.0198. The van der Waals surface area contributed by atoms with Crippen LogP contribution in [0.15, 0.2) is 0 Å². The van der Waals surface area contributed by atoms with Crippen LogP contribution in [0.3, 0.4) is 0 Å². The molecule has 11 unspecified atom stereocenters. The summed E-state index contributed by atoms with van der Waals surface area (Å²) in [5, 5.41) is 13.5. The number of hydrazine groups is 1. The van der Waals surface area contributed by atoms with Crippen molar-refractivity contribution >= 4 is 17.4 Å². The first-order chi connectivity index (χ1) is 15.7. The van der Waals surface area contributed by atoms with Gasteiger partial charge in [-0.05, 0) is 37.5 Å². The molecule has 188 valence electrons. The van der Waals surface area contributed by atoms with Crippen molar-refractivity contribution in [3.63, 3.8) is 0 Å². The predicted molar refractivity (Wildman–Crippen MR) is 121 cm³/mol. The van der Waals surface area contributed by atoms with Crippen LogP contribution in [-0.4, -0.2) is 90.8 Å². The normalized spacial score (nSPS) is 55.1. The highest BCUT2D eigenvalue weighted by Gasteiger charge is 2.71. The van der Waals surface area contributed by atoms with Crippen LogP contribution in [0.1, 0.15) is 45.4 Å². The largest absolute Gasteiger partial charge is 0.389 e. The van der Waals surface area contributed by atoms with E-state index in [0.29, 0.717) is 25.7 Å². The Balaban J connectivity index is 1.49. The van der Waals surface area contributed by atoms with E-state index in [2.05, 4.69) is 10.4 Å². The number of carbonyl (C=O) groups is 1. The smallest absolute Gasteiger partial charge is 0.175 e. The zero-order chi connectivity index (χ0) is 23.7. The van der Waals surface area contributed by atoms with Crippen LogP contribution >= 0.6 is 11.6 Å². The van der Waals surface area contributed by atoms with Gasteiger partial charge in [0.15, 0.2) is 11.4 Å². The van der Waals surface area contributed by atoms with E-state index in [9.17, 15) is 14.3 Å². The highest BCUT2D eigenvalue weighted by molar-refractivity contribution is 6.22. The Hall–Kier alpha value is -0.350. The van der Waals surface area contributed by atoms with Gasteiger partial charge in [0.05, 0.1) is 35.7 Å². The van der Waals surface area contributed by atoms with Crippen molar-refractivity contribution in [1.82, 2.24) is 10.4 Å². The summed E-state index contributed by atoms with van der Waals surface area (Å²) in [6.45, 7) is 1.99. The van der Waals surface area contributed by atoms with Gasteiger partial charge in [0.1, 0.15) is 6.17 Å². The predicted octanol–water partition coefficient (Wildman–Crippen LogP) is 2.08. The summed E-state index contributed by atoms with van der Waals surface area (Å²) in [6, 6.07) is -0.0323. The number of Topliss-reactive ketones (excluding diaryl/α,β-unsaturated/α-hetero) is 1. The number of carbonyl (C=O) groups excluding carboxylic acids is 1. The molecular weight excluding hydrogens is 451 g/mol. The Labute approximate surface area is 200 Å². The van der Waals surface area contributed by atoms with Gasteiger partial charge in [-0.1, -0.05) is 13.3 Å². The highest BCUT2D eigenvalue weighted by atomic mass is 35.5. The number of alkyl halides is 2. The van der Waals surface area contributed by atoms with E-state index in [-0.39, 0.29) is 47.8 Å². The average Bonchev–Trinajstić information content (AvgIpc) is 3.28. The van der Waals surface area contributed by atoms with Crippen LogP contribution in [0.25, 0.3) is 0 Å². The molecule has 0 aromatic carbocycles. The van der Waals surface area contributed by atoms with Crippen LogP contribution < -0.4 is 5.43 Å². The third kappa shape index (κ3) is 3.54. The van der Waals surface area contributed by atoms with Crippen molar-refractivity contribution in [3.8, 4) is 0 Å². The lowest BCUT2D eigenvalue weighted by Gasteiger charge is -2.49. The molecule has 9 heteroatoms. The summed E-state index contributed by atoms with van der Waals surface area (Å²) in [7, 11) is 5.18. The number of hydrogen-bond acceptors (Lipinski definition) is 7. The lowest BCUT2D eigenvalue weighted by atomic mass is 9.60. The molecule has 2 heterocycles. The highest BCUT2D eigenvalue weighted by Crippen LogP contribution is 2.55. The van der Waals surface area contributed by atoms with E-state index >= 15 is 0 Å². The number of fused-ring (bicyclic) bond motifs is 2. The van der Waals surface area contributed by atoms with Crippen molar-refractivity contribution < 1.29 is 28.5 Å². The zero-order valence-corrected chi connectivity index (χ0v) is 20.7. The molecule has 33 heavy (non-hydrogen) atoms. The van der Waals surface area contributed by atoms with Gasteiger partial charge >= 0.3 is 0 Å². The van der Waals surface area contributed by atoms with E-state index in [1.54, 1.807) is 14.2 Å². The number of nitrogens with zero attached hydrogens (tertiary/aromatic N) is 1. The van der Waals surface area contributed by atoms with Crippen LogP contribution in [0, 0.1) is 23.7 Å². The first-order valence-corrected chi connectivity index (χ1v) is 12.9. The third-order valence-corrected chi connectivity index (χ3v) is 9.99. The minimum Gasteiger partial charge on any atom is -0.389 e. The first kappa shape index (κ1) is 24.3. The van der Waals surface area contributed by atoms with Gasteiger partial charge in [0, 0.05) is 45.7 Å². The van der Waals surface area contributed by atoms with Crippen molar-refractivity contribution in [2.24, 2.45) is 23.7 Å². The number of rotatable bonds is 3. The molecular formula is C24H38ClFN2O5. The van der Waals surface area contributed by atoms with Gasteiger partial charge in [-0.25, -0.2) is 9.40 Å². The van der Waals surface area contributed by atoms with E-state index in [1.165, 1.54) is 0 Å². The van der Waals surface area contributed by atoms with Gasteiger partial charge in [-0.2, -0.15) is 0 Å². The fourth-order valence-electron chi connectivity index (χ4n) is 7.96. The van der Waals surface area contributed by atoms with Crippen molar-refractivity contribution in [2.75, 3.05) is 21.3 Å². The van der Waals surface area contributed by atoms with Gasteiger partial charge in [-0.3, -0.25) is 10.2 Å². The Morgan fingerprint density at radius 1 is 1.21 bits per heavy atom. The second-order valence-corrected chi connectivity index (χ2v) is 11.5. The number of hydrogen-bond donors (Lipinski definition) is 2. The summed E-state index contributed by atoms with van der Waals surface area (Å²) in [6.07, 6.45) is 1.05. The summed E-state index contributed by atoms with van der Waals surface area (Å²) >= 11 is 6.77. The number of aliphatic hydroxyl groups is 1. The van der Waals surface area contributed by atoms with E-state index in [0.717, 1.165) is 12.8 Å². The van der Waals surface area contributed by atoms with Gasteiger partial charge in [0.25, 0.3) is 0 Å². The molecule has 0 aromatic heterocycles. The second-order valence-electron chi connectivity index (χ2n) is 11.0. The maximum atomic E-state index is 14.3. The topological polar surface area (TPSA) is 80.3 Å². The monoisotopic (exact) mass is 488 g/mol. The Bertz CT molecular complexity index is 762. The summed E-state index contributed by atoms with van der Waals surface area (Å²) < 4.78 is 32.2. The minimum atomic E-state index is -1.34. The molecule has 13 atom stereocenters. The number of ketones is 1. The molecule has 2 saturated heterocycles. The molecule has 1 spiro atoms. The molecule has 0 radical (unpaired) electrons. The molecule has 2 aliphatic heterocycles. The number of halogens is 2. The number of methoxy groups -OCH3 is 2. The SMILES string of the molecule is COC1CC(OC)C2C(=O)[C@@]3(OC2C1Cl)C(O)C1C(C[C@H]3C)NN(C)C1C1CCCC(F)C1. The lowest BCUT2D eigenvalue weighted by Crippen LogP contribution is -2.65. The van der Waals surface area contributed by atoms with Gasteiger partial charge in [-0.15, -0.1) is 11.6 Å². The molecule has 0 amide bonds. The van der Waals surface area contributed by atoms with Crippen LogP contribution in [0.4, 0.5) is 4.39 Å². The zero-order valence-electron chi connectivity index (χ0n) is 20.0.